The fourth-order valence-electron chi connectivity index (χ4n) is 2.77. The van der Waals surface area contributed by atoms with Gasteiger partial charge in [-0.15, -0.1) is 11.3 Å². The molecule has 1 N–H and O–H groups in total. The summed E-state index contributed by atoms with van der Waals surface area (Å²) in [6.07, 6.45) is 1.57. The molecule has 2 aromatic rings. The van der Waals surface area contributed by atoms with Crippen molar-refractivity contribution < 1.29 is 14.3 Å². The predicted molar refractivity (Wildman–Crippen MR) is 87.2 cm³/mol. The molecule has 1 fully saturated rings. The standard InChI is InChI=1S/C16H19N3O3S/c1-2-22-16(21)11-5-3-7-19(10-11)15(20)13-9-12(17-18-13)14-6-4-8-23-14/h4,6,8-9,11H,2-3,5,7,10H2,1H3,(H,17,18)/t11-/m1/s1. The third-order valence-electron chi connectivity index (χ3n) is 3.91. The average Bonchev–Trinajstić information content (AvgIpc) is 3.25. The molecule has 0 spiro atoms. The van der Waals surface area contributed by atoms with E-state index in [0.29, 0.717) is 25.4 Å². The van der Waals surface area contributed by atoms with Crippen LogP contribution in [0.15, 0.2) is 23.6 Å². The van der Waals surface area contributed by atoms with Crippen molar-refractivity contribution in [3.63, 3.8) is 0 Å². The van der Waals surface area contributed by atoms with E-state index in [1.165, 1.54) is 0 Å². The van der Waals surface area contributed by atoms with Crippen molar-refractivity contribution >= 4 is 23.2 Å². The van der Waals surface area contributed by atoms with Gasteiger partial charge in [-0.2, -0.15) is 5.10 Å². The van der Waals surface area contributed by atoms with Gasteiger partial charge in [0.2, 0.25) is 0 Å². The lowest BCUT2D eigenvalue weighted by Crippen LogP contribution is -2.43. The third kappa shape index (κ3) is 3.44. The van der Waals surface area contributed by atoms with Crippen LogP contribution in [0.3, 0.4) is 0 Å². The lowest BCUT2D eigenvalue weighted by atomic mass is 9.98. The summed E-state index contributed by atoms with van der Waals surface area (Å²) in [5.74, 6) is -0.590. The smallest absolute Gasteiger partial charge is 0.310 e. The number of aromatic nitrogens is 2. The molecule has 0 unspecified atom stereocenters. The monoisotopic (exact) mass is 333 g/mol. The highest BCUT2D eigenvalue weighted by molar-refractivity contribution is 7.13. The van der Waals surface area contributed by atoms with E-state index in [2.05, 4.69) is 10.2 Å². The Morgan fingerprint density at radius 2 is 2.39 bits per heavy atom. The lowest BCUT2D eigenvalue weighted by molar-refractivity contribution is -0.149. The number of esters is 1. The number of rotatable bonds is 4. The van der Waals surface area contributed by atoms with Gasteiger partial charge in [-0.3, -0.25) is 14.7 Å². The van der Waals surface area contributed by atoms with Crippen LogP contribution in [0.5, 0.6) is 0 Å². The summed E-state index contributed by atoms with van der Waals surface area (Å²) in [7, 11) is 0. The minimum absolute atomic E-state index is 0.141. The predicted octanol–water partition coefficient (Wildman–Crippen LogP) is 2.55. The van der Waals surface area contributed by atoms with Crippen molar-refractivity contribution in [2.24, 2.45) is 5.92 Å². The quantitative estimate of drug-likeness (QED) is 0.873. The Kier molecular flexibility index (Phi) is 4.76. The van der Waals surface area contributed by atoms with Gasteiger partial charge in [-0.1, -0.05) is 6.07 Å². The van der Waals surface area contributed by atoms with Gasteiger partial charge in [0.25, 0.3) is 5.91 Å². The number of ether oxygens (including phenoxy) is 1. The molecule has 3 heterocycles. The van der Waals surface area contributed by atoms with Crippen LogP contribution in [0.25, 0.3) is 10.6 Å². The van der Waals surface area contributed by atoms with Crippen molar-refractivity contribution in [2.45, 2.75) is 19.8 Å². The Morgan fingerprint density at radius 1 is 1.52 bits per heavy atom. The van der Waals surface area contributed by atoms with Crippen molar-refractivity contribution in [3.05, 3.63) is 29.3 Å². The molecule has 0 saturated carbocycles. The zero-order valence-corrected chi connectivity index (χ0v) is 13.8. The Morgan fingerprint density at radius 3 is 3.13 bits per heavy atom. The van der Waals surface area contributed by atoms with Gasteiger partial charge < -0.3 is 9.64 Å². The molecule has 3 rings (SSSR count). The van der Waals surface area contributed by atoms with E-state index in [9.17, 15) is 9.59 Å². The van der Waals surface area contributed by atoms with Gasteiger partial charge in [0.15, 0.2) is 5.69 Å². The van der Waals surface area contributed by atoms with Gasteiger partial charge in [-0.25, -0.2) is 0 Å². The number of H-pyrrole nitrogens is 1. The first-order valence-electron chi connectivity index (χ1n) is 7.74. The summed E-state index contributed by atoms with van der Waals surface area (Å²) in [5, 5.41) is 9.01. The molecule has 6 nitrogen and oxygen atoms in total. The first-order valence-corrected chi connectivity index (χ1v) is 8.62. The Labute approximate surface area is 138 Å². The Hall–Kier alpha value is -2.15. The maximum Gasteiger partial charge on any atom is 0.310 e. The molecule has 1 saturated heterocycles. The van der Waals surface area contributed by atoms with Crippen molar-refractivity contribution in [1.29, 1.82) is 0 Å². The minimum atomic E-state index is -0.233. The largest absolute Gasteiger partial charge is 0.466 e. The molecule has 0 radical (unpaired) electrons. The highest BCUT2D eigenvalue weighted by Crippen LogP contribution is 2.24. The van der Waals surface area contributed by atoms with E-state index < -0.39 is 0 Å². The summed E-state index contributed by atoms with van der Waals surface area (Å²) < 4.78 is 5.07. The fraction of sp³-hybridized carbons (Fsp3) is 0.438. The Balaban J connectivity index is 1.69. The van der Waals surface area contributed by atoms with Crippen LogP contribution in [0.1, 0.15) is 30.3 Å². The number of thiophene rings is 1. The molecule has 0 bridgehead atoms. The number of hydrogen-bond donors (Lipinski definition) is 1. The molecule has 1 amide bonds. The van der Waals surface area contributed by atoms with Crippen LogP contribution in [-0.2, 0) is 9.53 Å². The number of carbonyl (C=O) groups is 2. The normalized spacial score (nSPS) is 18.0. The highest BCUT2D eigenvalue weighted by atomic mass is 32.1. The molecule has 1 aliphatic heterocycles. The number of nitrogens with one attached hydrogen (secondary N) is 1. The second-order valence-corrected chi connectivity index (χ2v) is 6.43. The first kappa shape index (κ1) is 15.7. The molecule has 1 atom stereocenters. The average molecular weight is 333 g/mol. The second kappa shape index (κ2) is 6.95. The molecule has 122 valence electrons. The zero-order valence-electron chi connectivity index (χ0n) is 12.9. The highest BCUT2D eigenvalue weighted by Gasteiger charge is 2.30. The van der Waals surface area contributed by atoms with Crippen molar-refractivity contribution in [3.8, 4) is 10.6 Å². The number of piperidine rings is 1. The van der Waals surface area contributed by atoms with E-state index in [-0.39, 0.29) is 17.8 Å². The summed E-state index contributed by atoms with van der Waals surface area (Å²) in [6, 6.07) is 5.70. The number of hydrogen-bond acceptors (Lipinski definition) is 5. The molecule has 1 aliphatic rings. The fourth-order valence-corrected chi connectivity index (χ4v) is 3.46. The molecule has 23 heavy (non-hydrogen) atoms. The van der Waals surface area contributed by atoms with E-state index in [4.69, 9.17) is 4.74 Å². The van der Waals surface area contributed by atoms with Gasteiger partial charge in [0.05, 0.1) is 23.1 Å². The summed E-state index contributed by atoms with van der Waals surface area (Å²) in [4.78, 5) is 27.2. The van der Waals surface area contributed by atoms with Crippen LogP contribution in [0.4, 0.5) is 0 Å². The second-order valence-electron chi connectivity index (χ2n) is 5.49. The molecule has 0 aliphatic carbocycles. The van der Waals surface area contributed by atoms with Gasteiger partial charge in [0.1, 0.15) is 0 Å². The van der Waals surface area contributed by atoms with Gasteiger partial charge in [-0.05, 0) is 37.3 Å². The van der Waals surface area contributed by atoms with Crippen LogP contribution in [-0.4, -0.2) is 46.7 Å². The Bertz CT molecular complexity index is 681. The van der Waals surface area contributed by atoms with Crippen molar-refractivity contribution in [1.82, 2.24) is 15.1 Å². The van der Waals surface area contributed by atoms with E-state index in [0.717, 1.165) is 23.4 Å². The van der Waals surface area contributed by atoms with E-state index in [1.54, 1.807) is 29.2 Å². The molecule has 7 heteroatoms. The molecule has 2 aromatic heterocycles. The zero-order chi connectivity index (χ0) is 16.2. The molecular weight excluding hydrogens is 314 g/mol. The van der Waals surface area contributed by atoms with Gasteiger partial charge >= 0.3 is 5.97 Å². The van der Waals surface area contributed by atoms with Crippen LogP contribution in [0, 0.1) is 5.92 Å². The van der Waals surface area contributed by atoms with Crippen LogP contribution < -0.4 is 0 Å². The molecular formula is C16H19N3O3S. The number of nitrogens with zero attached hydrogens (tertiary/aromatic N) is 2. The van der Waals surface area contributed by atoms with E-state index in [1.807, 2.05) is 17.5 Å². The van der Waals surface area contributed by atoms with Crippen LogP contribution in [0.2, 0.25) is 0 Å². The summed E-state index contributed by atoms with van der Waals surface area (Å²) >= 11 is 1.59. The summed E-state index contributed by atoms with van der Waals surface area (Å²) in [5.41, 5.74) is 1.22. The molecule has 0 aromatic carbocycles. The summed E-state index contributed by atoms with van der Waals surface area (Å²) in [6.45, 7) is 3.21. The SMILES string of the molecule is CCOC(=O)[C@@H]1CCCN(C(=O)c2cc(-c3cccs3)[nH]n2)C1. The number of amides is 1. The van der Waals surface area contributed by atoms with Crippen molar-refractivity contribution in [2.75, 3.05) is 19.7 Å². The third-order valence-corrected chi connectivity index (χ3v) is 4.82. The number of aromatic amines is 1. The minimum Gasteiger partial charge on any atom is -0.466 e. The number of carbonyl (C=O) groups excluding carboxylic acids is 2. The lowest BCUT2D eigenvalue weighted by Gasteiger charge is -2.31. The van der Waals surface area contributed by atoms with Gasteiger partial charge in [0, 0.05) is 13.1 Å². The van der Waals surface area contributed by atoms with Crippen LogP contribution >= 0.6 is 11.3 Å². The topological polar surface area (TPSA) is 75.3 Å². The maximum atomic E-state index is 12.6. The number of likely N-dealkylation sites (tertiary alicyclic amines) is 1. The first-order chi connectivity index (χ1) is 11.2. The van der Waals surface area contributed by atoms with E-state index >= 15 is 0 Å². The maximum absolute atomic E-state index is 12.6.